The van der Waals surface area contributed by atoms with Crippen LogP contribution in [0.3, 0.4) is 0 Å². The Kier molecular flexibility index (Phi) is 31.7. The van der Waals surface area contributed by atoms with Crippen LogP contribution < -0.4 is 0 Å². The van der Waals surface area contributed by atoms with Gasteiger partial charge in [-0.25, -0.2) is 0 Å². The second kappa shape index (κ2) is 24.7. The molecule has 0 amide bonds. The fourth-order valence-corrected chi connectivity index (χ4v) is 2.35. The van der Waals surface area contributed by atoms with Crippen LogP contribution in [-0.2, 0) is 4.79 Å². The summed E-state index contributed by atoms with van der Waals surface area (Å²) in [5, 5.41) is 8.51. The van der Waals surface area contributed by atoms with Crippen molar-refractivity contribution in [2.24, 2.45) is 0 Å². The first-order valence-electron chi connectivity index (χ1n) is 8.64. The number of hydrogen-bond acceptors (Lipinski definition) is 1. The van der Waals surface area contributed by atoms with Crippen molar-refractivity contribution in [1.29, 1.82) is 0 Å². The molecule has 4 heteroatoms. The molecule has 0 saturated carbocycles. The van der Waals surface area contributed by atoms with Crippen molar-refractivity contribution in [3.8, 4) is 0 Å². The fraction of sp³-hybridized carbons (Fsp3) is 0.833. The number of rotatable bonds is 15. The van der Waals surface area contributed by atoms with Crippen molar-refractivity contribution in [3.05, 3.63) is 12.2 Å². The number of hydrogen-bond donors (Lipinski definition) is 1. The maximum absolute atomic E-state index is 10.3. The van der Waals surface area contributed by atoms with Crippen LogP contribution >= 0.6 is 0 Å². The van der Waals surface area contributed by atoms with Crippen molar-refractivity contribution in [2.45, 2.75) is 96.8 Å². The standard InChI is InChI=1S/C18H34O2.K.Li.2H/c1-2-3-4-5-6-7-8-9-10-11-12-13-14-15-16-17-18(19)20;;;;/h9-10H,2-8,11-17H2,1H3,(H,19,20);;;;/b10-9-;;;;. The number of carboxylic acids is 1. The average molecular weight is 331 g/mol. The Hall–Kier alpha value is 1.44. The van der Waals surface area contributed by atoms with Crippen LogP contribution in [0.1, 0.15) is 96.8 Å². The van der Waals surface area contributed by atoms with Crippen molar-refractivity contribution >= 4 is 76.2 Å². The molecular weight excluding hydrogens is 294 g/mol. The zero-order valence-corrected chi connectivity index (χ0v) is 13.4. The van der Waals surface area contributed by atoms with E-state index in [4.69, 9.17) is 5.11 Å². The Balaban J connectivity index is -0.00000180. The summed E-state index contributed by atoms with van der Waals surface area (Å²) >= 11 is 0. The van der Waals surface area contributed by atoms with E-state index < -0.39 is 5.97 Å². The summed E-state index contributed by atoms with van der Waals surface area (Å²) in [6.07, 6.45) is 21.2. The van der Waals surface area contributed by atoms with Crippen molar-refractivity contribution in [1.82, 2.24) is 0 Å². The molecule has 0 aromatic rings. The molecule has 0 saturated heterocycles. The molecule has 0 unspecified atom stereocenters. The van der Waals surface area contributed by atoms with Crippen molar-refractivity contribution in [2.75, 3.05) is 0 Å². The molecule has 0 aliphatic rings. The predicted molar refractivity (Wildman–Crippen MR) is 101 cm³/mol. The molecule has 0 aromatic heterocycles. The molecule has 0 rings (SSSR count). The first kappa shape index (κ1) is 28.3. The third-order valence-electron chi connectivity index (χ3n) is 3.65. The molecule has 122 valence electrons. The first-order chi connectivity index (χ1) is 9.77. The van der Waals surface area contributed by atoms with Crippen molar-refractivity contribution < 1.29 is 9.90 Å². The Morgan fingerprint density at radius 3 is 1.64 bits per heavy atom. The van der Waals surface area contributed by atoms with Gasteiger partial charge in [-0.05, 0) is 32.1 Å². The van der Waals surface area contributed by atoms with Gasteiger partial charge in [0, 0.05) is 6.42 Å². The Bertz CT molecular complexity index is 245. The summed E-state index contributed by atoms with van der Waals surface area (Å²) in [7, 11) is 0. The molecule has 0 spiro atoms. The van der Waals surface area contributed by atoms with Crippen molar-refractivity contribution in [3.63, 3.8) is 0 Å². The van der Waals surface area contributed by atoms with Gasteiger partial charge in [0.05, 0.1) is 0 Å². The van der Waals surface area contributed by atoms with Crippen LogP contribution in [0.5, 0.6) is 0 Å². The molecule has 0 aliphatic heterocycles. The van der Waals surface area contributed by atoms with Gasteiger partial charge in [0.2, 0.25) is 0 Å². The van der Waals surface area contributed by atoms with Crippen LogP contribution in [-0.4, -0.2) is 81.3 Å². The van der Waals surface area contributed by atoms with Gasteiger partial charge < -0.3 is 5.11 Å². The SMILES string of the molecule is CCCCCCCC/C=C\CCCCCCCC(=O)O.[KH].[LiH]. The number of carbonyl (C=O) groups is 1. The normalized spacial score (nSPS) is 10.2. The predicted octanol–water partition coefficient (Wildman–Crippen LogP) is 4.81. The molecular formula is C18H36KLiO2. The fourth-order valence-electron chi connectivity index (χ4n) is 2.35. The third kappa shape index (κ3) is 26.3. The molecule has 22 heavy (non-hydrogen) atoms. The molecule has 0 heterocycles. The van der Waals surface area contributed by atoms with Crippen LogP contribution in [0.15, 0.2) is 12.2 Å². The number of aliphatic carboxylic acids is 1. The van der Waals surface area contributed by atoms with E-state index in [1.807, 2.05) is 0 Å². The van der Waals surface area contributed by atoms with Gasteiger partial charge in [-0.15, -0.1) is 0 Å². The van der Waals surface area contributed by atoms with Gasteiger partial charge in [-0.1, -0.05) is 70.4 Å². The summed E-state index contributed by atoms with van der Waals surface area (Å²) in [6, 6.07) is 0. The van der Waals surface area contributed by atoms with Gasteiger partial charge in [-0.2, -0.15) is 0 Å². The van der Waals surface area contributed by atoms with E-state index in [2.05, 4.69) is 19.1 Å². The zero-order valence-electron chi connectivity index (χ0n) is 13.4. The van der Waals surface area contributed by atoms with Crippen LogP contribution in [0.2, 0.25) is 0 Å². The third-order valence-corrected chi connectivity index (χ3v) is 3.65. The molecule has 1 N–H and O–H groups in total. The molecule has 0 aromatic carbocycles. The van der Waals surface area contributed by atoms with Crippen LogP contribution in [0.25, 0.3) is 0 Å². The van der Waals surface area contributed by atoms with E-state index in [1.165, 1.54) is 70.6 Å². The average Bonchev–Trinajstić information content (AvgIpc) is 2.43. The summed E-state index contributed by atoms with van der Waals surface area (Å²) in [4.78, 5) is 10.3. The van der Waals surface area contributed by atoms with Gasteiger partial charge >= 0.3 is 76.2 Å². The first-order valence-corrected chi connectivity index (χ1v) is 8.64. The van der Waals surface area contributed by atoms with Crippen LogP contribution in [0, 0.1) is 0 Å². The quantitative estimate of drug-likeness (QED) is 0.266. The molecule has 0 atom stereocenters. The van der Waals surface area contributed by atoms with E-state index in [0.29, 0.717) is 6.42 Å². The molecule has 0 radical (unpaired) electrons. The van der Waals surface area contributed by atoms with Gasteiger partial charge in [0.15, 0.2) is 0 Å². The second-order valence-electron chi connectivity index (χ2n) is 5.73. The zero-order chi connectivity index (χ0) is 14.9. The molecule has 2 nitrogen and oxygen atoms in total. The van der Waals surface area contributed by atoms with Gasteiger partial charge in [0.1, 0.15) is 0 Å². The minimum atomic E-state index is -0.664. The monoisotopic (exact) mass is 330 g/mol. The number of carboxylic acid groups (broad SMARTS) is 1. The Morgan fingerprint density at radius 2 is 1.18 bits per heavy atom. The topological polar surface area (TPSA) is 37.3 Å². The summed E-state index contributed by atoms with van der Waals surface area (Å²) in [6.45, 7) is 2.26. The number of allylic oxidation sites excluding steroid dienone is 2. The summed E-state index contributed by atoms with van der Waals surface area (Å²) in [5.74, 6) is -0.664. The van der Waals surface area contributed by atoms with Crippen LogP contribution in [0.4, 0.5) is 0 Å². The van der Waals surface area contributed by atoms with Gasteiger partial charge in [-0.3, -0.25) is 4.79 Å². The van der Waals surface area contributed by atoms with Gasteiger partial charge in [0.25, 0.3) is 0 Å². The van der Waals surface area contributed by atoms with E-state index in [1.54, 1.807) is 0 Å². The maximum atomic E-state index is 10.3. The summed E-state index contributed by atoms with van der Waals surface area (Å²) in [5.41, 5.74) is 0. The van der Waals surface area contributed by atoms with E-state index in [9.17, 15) is 4.79 Å². The Morgan fingerprint density at radius 1 is 0.773 bits per heavy atom. The van der Waals surface area contributed by atoms with E-state index in [0.717, 1.165) is 12.8 Å². The molecule has 0 fully saturated rings. The second-order valence-corrected chi connectivity index (χ2v) is 5.73. The Labute approximate surface area is 192 Å². The molecule has 0 aliphatic carbocycles. The summed E-state index contributed by atoms with van der Waals surface area (Å²) < 4.78 is 0. The molecule has 0 bridgehead atoms. The van der Waals surface area contributed by atoms with E-state index >= 15 is 0 Å². The minimum absolute atomic E-state index is 0. The number of unbranched alkanes of at least 4 members (excludes halogenated alkanes) is 11. The van der Waals surface area contributed by atoms with E-state index in [-0.39, 0.29) is 70.2 Å².